The lowest BCUT2D eigenvalue weighted by molar-refractivity contribution is 0.0698. The normalized spacial score (nSPS) is 21.6. The van der Waals surface area contributed by atoms with Crippen molar-refractivity contribution < 1.29 is 19.1 Å². The average molecular weight is 294 g/mol. The zero-order chi connectivity index (χ0) is 15.4. The Balaban J connectivity index is 2.02. The van der Waals surface area contributed by atoms with E-state index in [1.165, 1.54) is 0 Å². The van der Waals surface area contributed by atoms with Crippen molar-refractivity contribution in [2.75, 3.05) is 5.32 Å². The summed E-state index contributed by atoms with van der Waals surface area (Å²) in [5.74, 6) is -1.24. The maximum absolute atomic E-state index is 13.2. The van der Waals surface area contributed by atoms with Crippen molar-refractivity contribution in [3.63, 3.8) is 0 Å². The molecule has 2 rings (SSSR count). The van der Waals surface area contributed by atoms with Gasteiger partial charge < -0.3 is 15.7 Å². The Hall–Kier alpha value is -2.11. The number of amides is 2. The Kier molecular flexibility index (Phi) is 4.77. The number of nitrogens with one attached hydrogen (secondary N) is 2. The first-order valence-corrected chi connectivity index (χ1v) is 7.06. The van der Waals surface area contributed by atoms with Gasteiger partial charge in [0.25, 0.3) is 0 Å². The molecule has 0 aromatic heterocycles. The van der Waals surface area contributed by atoms with Crippen LogP contribution in [-0.2, 0) is 0 Å². The quantitative estimate of drug-likeness (QED) is 0.801. The predicted octanol–water partition coefficient (Wildman–Crippen LogP) is 3.22. The van der Waals surface area contributed by atoms with E-state index >= 15 is 0 Å². The first-order chi connectivity index (χ1) is 9.95. The number of rotatable bonds is 3. The van der Waals surface area contributed by atoms with Gasteiger partial charge in [0.1, 0.15) is 5.82 Å². The van der Waals surface area contributed by atoms with Crippen LogP contribution in [0.3, 0.4) is 0 Å². The molecule has 5 nitrogen and oxygen atoms in total. The van der Waals surface area contributed by atoms with Crippen LogP contribution in [0.1, 0.15) is 43.0 Å². The second-order valence-electron chi connectivity index (χ2n) is 5.56. The average Bonchev–Trinajstić information content (AvgIpc) is 2.38. The minimum Gasteiger partial charge on any atom is -0.478 e. The van der Waals surface area contributed by atoms with Crippen LogP contribution >= 0.6 is 0 Å². The van der Waals surface area contributed by atoms with Crippen LogP contribution in [0.15, 0.2) is 18.2 Å². The van der Waals surface area contributed by atoms with E-state index in [2.05, 4.69) is 17.6 Å². The second kappa shape index (κ2) is 6.56. The van der Waals surface area contributed by atoms with Crippen LogP contribution in [0.2, 0.25) is 0 Å². The van der Waals surface area contributed by atoms with Crippen LogP contribution < -0.4 is 10.6 Å². The van der Waals surface area contributed by atoms with E-state index in [1.807, 2.05) is 0 Å². The number of carbonyl (C=O) groups excluding carboxylic acids is 1. The molecule has 0 bridgehead atoms. The van der Waals surface area contributed by atoms with Gasteiger partial charge in [-0.15, -0.1) is 0 Å². The minimum absolute atomic E-state index is 0.0381. The van der Waals surface area contributed by atoms with Gasteiger partial charge in [0.05, 0.1) is 11.3 Å². The number of carbonyl (C=O) groups is 2. The smallest absolute Gasteiger partial charge is 0.337 e. The second-order valence-corrected chi connectivity index (χ2v) is 5.56. The summed E-state index contributed by atoms with van der Waals surface area (Å²) >= 11 is 0. The van der Waals surface area contributed by atoms with Crippen molar-refractivity contribution in [2.45, 2.75) is 38.6 Å². The molecule has 0 radical (unpaired) electrons. The van der Waals surface area contributed by atoms with E-state index in [0.717, 1.165) is 43.9 Å². The number of carboxylic acids is 1. The number of aromatic carboxylic acids is 1. The number of halogens is 1. The molecule has 0 spiro atoms. The Morgan fingerprint density at radius 2 is 2.10 bits per heavy atom. The van der Waals surface area contributed by atoms with Gasteiger partial charge in [-0.3, -0.25) is 0 Å². The summed E-state index contributed by atoms with van der Waals surface area (Å²) in [6.07, 6.45) is 4.04. The van der Waals surface area contributed by atoms with Gasteiger partial charge in [-0.25, -0.2) is 14.0 Å². The predicted molar refractivity (Wildman–Crippen MR) is 76.9 cm³/mol. The first-order valence-electron chi connectivity index (χ1n) is 7.06. The molecular weight excluding hydrogens is 275 g/mol. The largest absolute Gasteiger partial charge is 0.478 e. The highest BCUT2D eigenvalue weighted by Crippen LogP contribution is 2.24. The number of benzene rings is 1. The summed E-state index contributed by atoms with van der Waals surface area (Å²) in [6.45, 7) is 2.14. The minimum atomic E-state index is -1.21. The number of carboxylic acid groups (broad SMARTS) is 1. The molecule has 1 saturated carbocycles. The Labute approximate surface area is 122 Å². The van der Waals surface area contributed by atoms with Crippen molar-refractivity contribution in [1.82, 2.24) is 5.32 Å². The fourth-order valence-corrected chi connectivity index (χ4v) is 2.72. The fraction of sp³-hybridized carbons (Fsp3) is 0.467. The number of urea groups is 1. The standard InChI is InChI=1S/C15H19FN2O3/c1-9-3-2-4-11(7-9)17-15(21)18-13-8-10(16)5-6-12(13)14(19)20/h5-6,8-9,11H,2-4,7H2,1H3,(H,19,20)(H2,17,18,21). The van der Waals surface area contributed by atoms with Gasteiger partial charge in [0, 0.05) is 6.04 Å². The molecule has 0 heterocycles. The SMILES string of the molecule is CC1CCCC(NC(=O)Nc2cc(F)ccc2C(=O)O)C1. The summed E-state index contributed by atoms with van der Waals surface area (Å²) in [6, 6.07) is 2.77. The van der Waals surface area contributed by atoms with Crippen molar-refractivity contribution in [3.05, 3.63) is 29.6 Å². The van der Waals surface area contributed by atoms with Crippen molar-refractivity contribution in [3.8, 4) is 0 Å². The van der Waals surface area contributed by atoms with E-state index in [9.17, 15) is 14.0 Å². The van der Waals surface area contributed by atoms with E-state index in [-0.39, 0.29) is 17.3 Å². The van der Waals surface area contributed by atoms with Crippen molar-refractivity contribution in [1.29, 1.82) is 0 Å². The van der Waals surface area contributed by atoms with Gasteiger partial charge in [-0.1, -0.05) is 19.8 Å². The maximum Gasteiger partial charge on any atom is 0.337 e. The topological polar surface area (TPSA) is 78.4 Å². The molecule has 6 heteroatoms. The molecule has 2 atom stereocenters. The lowest BCUT2D eigenvalue weighted by Gasteiger charge is -2.27. The van der Waals surface area contributed by atoms with Gasteiger partial charge in [-0.2, -0.15) is 0 Å². The van der Waals surface area contributed by atoms with Crippen LogP contribution in [-0.4, -0.2) is 23.1 Å². The molecule has 1 aliphatic rings. The monoisotopic (exact) mass is 294 g/mol. The van der Waals surface area contributed by atoms with Gasteiger partial charge in [-0.05, 0) is 37.0 Å². The summed E-state index contributed by atoms with van der Waals surface area (Å²) in [5, 5.41) is 14.3. The van der Waals surface area contributed by atoms with E-state index < -0.39 is 17.8 Å². The van der Waals surface area contributed by atoms with E-state index in [4.69, 9.17) is 5.11 Å². The molecule has 2 amide bonds. The Morgan fingerprint density at radius 3 is 2.76 bits per heavy atom. The van der Waals surface area contributed by atoms with Crippen LogP contribution in [0.4, 0.5) is 14.9 Å². The Morgan fingerprint density at radius 1 is 1.33 bits per heavy atom. The van der Waals surface area contributed by atoms with Crippen LogP contribution in [0.5, 0.6) is 0 Å². The molecule has 1 aromatic carbocycles. The lowest BCUT2D eigenvalue weighted by Crippen LogP contribution is -2.40. The molecule has 21 heavy (non-hydrogen) atoms. The zero-order valence-corrected chi connectivity index (χ0v) is 11.9. The third-order valence-electron chi connectivity index (χ3n) is 3.73. The molecule has 1 fully saturated rings. The zero-order valence-electron chi connectivity index (χ0n) is 11.9. The van der Waals surface area contributed by atoms with E-state index in [0.29, 0.717) is 5.92 Å². The van der Waals surface area contributed by atoms with E-state index in [1.54, 1.807) is 0 Å². The molecule has 1 aliphatic carbocycles. The summed E-state index contributed by atoms with van der Waals surface area (Å²) in [4.78, 5) is 23.0. The highest BCUT2D eigenvalue weighted by atomic mass is 19.1. The summed E-state index contributed by atoms with van der Waals surface area (Å²) in [7, 11) is 0. The van der Waals surface area contributed by atoms with Crippen molar-refractivity contribution in [2.24, 2.45) is 5.92 Å². The molecule has 114 valence electrons. The van der Waals surface area contributed by atoms with Crippen LogP contribution in [0, 0.1) is 11.7 Å². The fourth-order valence-electron chi connectivity index (χ4n) is 2.72. The number of hydrogen-bond acceptors (Lipinski definition) is 2. The number of hydrogen-bond donors (Lipinski definition) is 3. The molecule has 1 aromatic rings. The molecule has 0 saturated heterocycles. The maximum atomic E-state index is 13.2. The molecule has 0 aliphatic heterocycles. The lowest BCUT2D eigenvalue weighted by atomic mass is 9.87. The number of anilines is 1. The van der Waals surface area contributed by atoms with Crippen LogP contribution in [0.25, 0.3) is 0 Å². The van der Waals surface area contributed by atoms with Crippen molar-refractivity contribution >= 4 is 17.7 Å². The molecule has 3 N–H and O–H groups in total. The molecule has 2 unspecified atom stereocenters. The van der Waals surface area contributed by atoms with Gasteiger partial charge >= 0.3 is 12.0 Å². The first kappa shape index (κ1) is 15.3. The highest BCUT2D eigenvalue weighted by molar-refractivity contribution is 6.00. The van der Waals surface area contributed by atoms with Gasteiger partial charge in [0.2, 0.25) is 0 Å². The third-order valence-corrected chi connectivity index (χ3v) is 3.73. The highest BCUT2D eigenvalue weighted by Gasteiger charge is 2.21. The summed E-state index contributed by atoms with van der Waals surface area (Å²) in [5.41, 5.74) is -0.174. The molecular formula is C15H19FN2O3. The van der Waals surface area contributed by atoms with Gasteiger partial charge in [0.15, 0.2) is 0 Å². The third kappa shape index (κ3) is 4.18. The Bertz CT molecular complexity index is 548. The summed E-state index contributed by atoms with van der Waals surface area (Å²) < 4.78 is 13.2.